The number of amides is 1. The summed E-state index contributed by atoms with van der Waals surface area (Å²) in [5, 5.41) is 3.92. The summed E-state index contributed by atoms with van der Waals surface area (Å²) < 4.78 is 28.0. The summed E-state index contributed by atoms with van der Waals surface area (Å²) in [6.45, 7) is 2.14. The number of anilines is 1. The van der Waals surface area contributed by atoms with Gasteiger partial charge in [0.05, 0.1) is 23.7 Å². The van der Waals surface area contributed by atoms with E-state index in [1.165, 1.54) is 24.4 Å². The standard InChI is InChI=1S/C21H18ClF2N3O2/c1-11-20-13(6-14(23)8-16(20)22)3-5-27(11)19(28)10-26-18-7-12-2-4-25-21(29)15(12)9-17(18)24/h2,4,6-9,11,26H,3,5,10H2,1H3,(H,25,29)/t11-/m0/s1. The molecule has 0 fully saturated rings. The number of carbonyl (C=O) groups excluding carboxylic acids is 1. The Morgan fingerprint density at radius 3 is 2.90 bits per heavy atom. The molecule has 0 bridgehead atoms. The topological polar surface area (TPSA) is 65.2 Å². The molecule has 3 aromatic rings. The van der Waals surface area contributed by atoms with Crippen molar-refractivity contribution in [3.8, 4) is 0 Å². The van der Waals surface area contributed by atoms with E-state index in [9.17, 15) is 18.4 Å². The molecule has 2 aromatic carbocycles. The van der Waals surface area contributed by atoms with Crippen LogP contribution in [-0.2, 0) is 11.2 Å². The van der Waals surface area contributed by atoms with Gasteiger partial charge >= 0.3 is 0 Å². The first-order chi connectivity index (χ1) is 13.8. The number of fused-ring (bicyclic) bond motifs is 2. The second kappa shape index (κ2) is 7.48. The first-order valence-electron chi connectivity index (χ1n) is 9.17. The average molecular weight is 418 g/mol. The number of hydrogen-bond donors (Lipinski definition) is 2. The molecule has 5 nitrogen and oxygen atoms in total. The average Bonchev–Trinajstić information content (AvgIpc) is 2.66. The molecule has 1 atom stereocenters. The molecule has 0 saturated heterocycles. The monoisotopic (exact) mass is 417 g/mol. The normalized spacial score (nSPS) is 16.0. The molecule has 1 aromatic heterocycles. The summed E-state index contributed by atoms with van der Waals surface area (Å²) in [5.74, 6) is -1.24. The van der Waals surface area contributed by atoms with Crippen LogP contribution in [0.1, 0.15) is 24.1 Å². The zero-order chi connectivity index (χ0) is 20.7. The third kappa shape index (κ3) is 3.58. The zero-order valence-electron chi connectivity index (χ0n) is 15.6. The summed E-state index contributed by atoms with van der Waals surface area (Å²) in [4.78, 5) is 28.7. The van der Waals surface area contributed by atoms with Gasteiger partial charge in [-0.15, -0.1) is 0 Å². The van der Waals surface area contributed by atoms with Crippen molar-refractivity contribution in [1.82, 2.24) is 9.88 Å². The van der Waals surface area contributed by atoms with Crippen LogP contribution in [0.2, 0.25) is 5.02 Å². The van der Waals surface area contributed by atoms with Crippen molar-refractivity contribution < 1.29 is 13.6 Å². The molecule has 0 aliphatic carbocycles. The van der Waals surface area contributed by atoms with E-state index in [-0.39, 0.29) is 35.1 Å². The molecule has 0 radical (unpaired) electrons. The fourth-order valence-corrected chi connectivity index (χ4v) is 4.24. The number of benzene rings is 2. The molecule has 2 heterocycles. The molecule has 1 aliphatic heterocycles. The summed E-state index contributed by atoms with van der Waals surface area (Å²) in [6, 6.07) is 6.69. The molecular weight excluding hydrogens is 400 g/mol. The largest absolute Gasteiger partial charge is 0.374 e. The van der Waals surface area contributed by atoms with E-state index in [1.54, 1.807) is 11.0 Å². The van der Waals surface area contributed by atoms with Gasteiger partial charge in [-0.25, -0.2) is 8.78 Å². The molecular formula is C21H18ClF2N3O2. The summed E-state index contributed by atoms with van der Waals surface area (Å²) >= 11 is 6.20. The predicted octanol–water partition coefficient (Wildman–Crippen LogP) is 4.02. The fraction of sp³-hybridized carbons (Fsp3) is 0.238. The first kappa shape index (κ1) is 19.4. The van der Waals surface area contributed by atoms with Gasteiger partial charge in [-0.1, -0.05) is 11.6 Å². The smallest absolute Gasteiger partial charge is 0.255 e. The number of pyridine rings is 1. The van der Waals surface area contributed by atoms with Crippen LogP contribution in [0.3, 0.4) is 0 Å². The minimum atomic E-state index is -0.613. The lowest BCUT2D eigenvalue weighted by molar-refractivity contribution is -0.131. The SMILES string of the molecule is C[C@H]1c2c(Cl)cc(F)cc2CCN1C(=O)CNc1cc2cc[nH]c(=O)c2cc1F. The second-order valence-corrected chi connectivity index (χ2v) is 7.46. The Kier molecular flexibility index (Phi) is 5.00. The lowest BCUT2D eigenvalue weighted by Gasteiger charge is -2.36. The molecule has 2 N–H and O–H groups in total. The summed E-state index contributed by atoms with van der Waals surface area (Å²) in [7, 11) is 0. The minimum Gasteiger partial charge on any atom is -0.374 e. The van der Waals surface area contributed by atoms with Gasteiger partial charge in [-0.2, -0.15) is 0 Å². The van der Waals surface area contributed by atoms with Gasteiger partial charge in [0.1, 0.15) is 11.6 Å². The van der Waals surface area contributed by atoms with Crippen LogP contribution < -0.4 is 10.9 Å². The van der Waals surface area contributed by atoms with Gasteiger partial charge in [0.25, 0.3) is 5.56 Å². The van der Waals surface area contributed by atoms with Crippen molar-refractivity contribution >= 4 is 34.0 Å². The lowest BCUT2D eigenvalue weighted by Crippen LogP contribution is -2.42. The molecule has 1 aliphatic rings. The molecule has 29 heavy (non-hydrogen) atoms. The number of aromatic amines is 1. The minimum absolute atomic E-state index is 0.121. The molecule has 8 heteroatoms. The van der Waals surface area contributed by atoms with Crippen molar-refractivity contribution in [2.24, 2.45) is 0 Å². The Labute approximate surface area is 170 Å². The molecule has 4 rings (SSSR count). The number of rotatable bonds is 3. The highest BCUT2D eigenvalue weighted by Crippen LogP contribution is 2.35. The van der Waals surface area contributed by atoms with E-state index in [4.69, 9.17) is 11.6 Å². The van der Waals surface area contributed by atoms with Crippen LogP contribution in [-0.4, -0.2) is 28.9 Å². The Balaban J connectivity index is 1.52. The predicted molar refractivity (Wildman–Crippen MR) is 108 cm³/mol. The van der Waals surface area contributed by atoms with E-state index in [2.05, 4.69) is 10.3 Å². The van der Waals surface area contributed by atoms with Crippen LogP contribution in [0.25, 0.3) is 10.8 Å². The van der Waals surface area contributed by atoms with Crippen molar-refractivity contribution in [2.75, 3.05) is 18.4 Å². The highest BCUT2D eigenvalue weighted by Gasteiger charge is 2.29. The van der Waals surface area contributed by atoms with Crippen LogP contribution >= 0.6 is 11.6 Å². The van der Waals surface area contributed by atoms with Gasteiger partial charge in [0, 0.05) is 17.8 Å². The lowest BCUT2D eigenvalue weighted by atomic mass is 9.93. The molecule has 0 spiro atoms. The number of halogens is 3. The van der Waals surface area contributed by atoms with Crippen LogP contribution in [0.5, 0.6) is 0 Å². The highest BCUT2D eigenvalue weighted by molar-refractivity contribution is 6.31. The van der Waals surface area contributed by atoms with Gasteiger partial charge in [-0.05, 0) is 60.2 Å². The van der Waals surface area contributed by atoms with Crippen LogP contribution in [0.15, 0.2) is 41.3 Å². The van der Waals surface area contributed by atoms with Crippen molar-refractivity contribution in [3.63, 3.8) is 0 Å². The van der Waals surface area contributed by atoms with Crippen LogP contribution in [0, 0.1) is 11.6 Å². The first-order valence-corrected chi connectivity index (χ1v) is 9.55. The summed E-state index contributed by atoms with van der Waals surface area (Å²) in [6.07, 6.45) is 1.98. The van der Waals surface area contributed by atoms with E-state index >= 15 is 0 Å². The maximum Gasteiger partial charge on any atom is 0.255 e. The number of nitrogens with one attached hydrogen (secondary N) is 2. The van der Waals surface area contributed by atoms with E-state index < -0.39 is 11.6 Å². The molecule has 150 valence electrons. The third-order valence-electron chi connectivity index (χ3n) is 5.30. The quantitative estimate of drug-likeness (QED) is 0.676. The van der Waals surface area contributed by atoms with E-state index in [0.717, 1.165) is 17.2 Å². The van der Waals surface area contributed by atoms with Crippen LogP contribution in [0.4, 0.5) is 14.5 Å². The third-order valence-corrected chi connectivity index (χ3v) is 5.61. The Morgan fingerprint density at radius 1 is 1.31 bits per heavy atom. The molecule has 0 unspecified atom stereocenters. The Bertz CT molecular complexity index is 1180. The van der Waals surface area contributed by atoms with E-state index in [1.807, 2.05) is 6.92 Å². The van der Waals surface area contributed by atoms with Gasteiger partial charge in [-0.3, -0.25) is 9.59 Å². The number of aromatic nitrogens is 1. The number of hydrogen-bond acceptors (Lipinski definition) is 3. The van der Waals surface area contributed by atoms with Gasteiger partial charge in [0.2, 0.25) is 5.91 Å². The van der Waals surface area contributed by atoms with Crippen molar-refractivity contribution in [3.05, 3.63) is 74.7 Å². The Morgan fingerprint density at radius 2 is 2.10 bits per heavy atom. The highest BCUT2D eigenvalue weighted by atomic mass is 35.5. The van der Waals surface area contributed by atoms with E-state index in [0.29, 0.717) is 23.4 Å². The van der Waals surface area contributed by atoms with Gasteiger partial charge in [0.15, 0.2) is 0 Å². The van der Waals surface area contributed by atoms with Crippen molar-refractivity contribution in [1.29, 1.82) is 0 Å². The molecule has 1 amide bonds. The summed E-state index contributed by atoms with van der Waals surface area (Å²) in [5.41, 5.74) is 1.30. The maximum atomic E-state index is 14.4. The Hall–Kier alpha value is -2.93. The zero-order valence-corrected chi connectivity index (χ0v) is 16.3. The fourth-order valence-electron chi connectivity index (χ4n) is 3.86. The molecule has 0 saturated carbocycles. The number of carbonyl (C=O) groups is 1. The van der Waals surface area contributed by atoms with Crippen molar-refractivity contribution in [2.45, 2.75) is 19.4 Å². The number of nitrogens with zero attached hydrogens (tertiary/aromatic N) is 1. The number of H-pyrrole nitrogens is 1. The second-order valence-electron chi connectivity index (χ2n) is 7.05. The van der Waals surface area contributed by atoms with Gasteiger partial charge < -0.3 is 15.2 Å². The maximum absolute atomic E-state index is 14.4.